The Morgan fingerprint density at radius 1 is 0.951 bits per heavy atom. The number of phenols is 2. The van der Waals surface area contributed by atoms with Crippen molar-refractivity contribution in [3.8, 4) is 11.5 Å². The van der Waals surface area contributed by atoms with E-state index in [0.29, 0.717) is 17.9 Å². The molecule has 212 valence electrons. The highest BCUT2D eigenvalue weighted by atomic mass is 35.5. The SMILES string of the molecule is OCc1cc([C@H]2O[C@@H](n3cnc4c(NCC(c5ccc(O)cc5)c5ccc(O)cc5)nc(Cl)nc43)[C@H](O)[C@@H]2O)on1. The summed E-state index contributed by atoms with van der Waals surface area (Å²) in [5.41, 5.74) is 2.67. The van der Waals surface area contributed by atoms with Gasteiger partial charge in [-0.2, -0.15) is 9.97 Å². The highest BCUT2D eigenvalue weighted by Gasteiger charge is 2.47. The minimum Gasteiger partial charge on any atom is -0.508 e. The number of aliphatic hydroxyl groups is 3. The number of halogens is 1. The summed E-state index contributed by atoms with van der Waals surface area (Å²) in [6.07, 6.45) is -3.47. The molecule has 1 aliphatic heterocycles. The number of aromatic nitrogens is 5. The van der Waals surface area contributed by atoms with E-state index in [4.69, 9.17) is 20.9 Å². The molecule has 3 aromatic heterocycles. The smallest absolute Gasteiger partial charge is 0.226 e. The lowest BCUT2D eigenvalue weighted by atomic mass is 9.91. The van der Waals surface area contributed by atoms with Crippen LogP contribution in [0.4, 0.5) is 5.82 Å². The lowest BCUT2D eigenvalue weighted by Crippen LogP contribution is -2.28. The van der Waals surface area contributed by atoms with Crippen LogP contribution in [0.3, 0.4) is 0 Å². The molecule has 1 saturated heterocycles. The summed E-state index contributed by atoms with van der Waals surface area (Å²) in [4.78, 5) is 13.1. The molecule has 0 spiro atoms. The number of aromatic hydroxyl groups is 2. The molecule has 6 rings (SSSR count). The molecule has 41 heavy (non-hydrogen) atoms. The minimum atomic E-state index is -1.38. The predicted molar refractivity (Wildman–Crippen MR) is 144 cm³/mol. The highest BCUT2D eigenvalue weighted by Crippen LogP contribution is 2.40. The Kier molecular flexibility index (Phi) is 7.19. The van der Waals surface area contributed by atoms with Gasteiger partial charge in [0.25, 0.3) is 0 Å². The van der Waals surface area contributed by atoms with E-state index in [2.05, 4.69) is 25.4 Å². The van der Waals surface area contributed by atoms with Gasteiger partial charge >= 0.3 is 0 Å². The maximum Gasteiger partial charge on any atom is 0.226 e. The average molecular weight is 581 g/mol. The van der Waals surface area contributed by atoms with E-state index in [9.17, 15) is 25.5 Å². The molecule has 0 aliphatic carbocycles. The quantitative estimate of drug-likeness (QED) is 0.147. The third-order valence-electron chi connectivity index (χ3n) is 6.99. The van der Waals surface area contributed by atoms with Gasteiger partial charge in [0.1, 0.15) is 35.5 Å². The fraction of sp³-hybridized carbons (Fsp3) is 0.259. The van der Waals surface area contributed by atoms with Gasteiger partial charge in [0, 0.05) is 18.5 Å². The maximum absolute atomic E-state index is 10.8. The first-order valence-electron chi connectivity index (χ1n) is 12.6. The van der Waals surface area contributed by atoms with Gasteiger partial charge in [0.05, 0.1) is 12.9 Å². The lowest BCUT2D eigenvalue weighted by Gasteiger charge is -2.20. The van der Waals surface area contributed by atoms with Crippen LogP contribution in [0.25, 0.3) is 11.2 Å². The predicted octanol–water partition coefficient (Wildman–Crippen LogP) is 2.61. The van der Waals surface area contributed by atoms with Crippen molar-refractivity contribution in [1.29, 1.82) is 0 Å². The third-order valence-corrected chi connectivity index (χ3v) is 7.16. The van der Waals surface area contributed by atoms with Crippen molar-refractivity contribution < 1.29 is 34.8 Å². The Morgan fingerprint density at radius 3 is 2.22 bits per heavy atom. The van der Waals surface area contributed by atoms with Gasteiger partial charge in [-0.15, -0.1) is 0 Å². The molecule has 5 aromatic rings. The van der Waals surface area contributed by atoms with Crippen molar-refractivity contribution in [2.24, 2.45) is 0 Å². The Balaban J connectivity index is 1.30. The number of nitrogens with one attached hydrogen (secondary N) is 1. The molecule has 0 saturated carbocycles. The number of anilines is 1. The Morgan fingerprint density at radius 2 is 1.61 bits per heavy atom. The number of benzene rings is 2. The van der Waals surface area contributed by atoms with Crippen molar-refractivity contribution >= 4 is 28.6 Å². The number of phenolic OH excluding ortho intramolecular Hbond substituents is 2. The first kappa shape index (κ1) is 26.9. The second-order valence-corrected chi connectivity index (χ2v) is 9.93. The number of ether oxygens (including phenoxy) is 1. The van der Waals surface area contributed by atoms with Crippen LogP contribution in [-0.4, -0.2) is 69.0 Å². The van der Waals surface area contributed by atoms with E-state index in [1.54, 1.807) is 24.3 Å². The fourth-order valence-electron chi connectivity index (χ4n) is 4.90. The molecule has 1 fully saturated rings. The maximum atomic E-state index is 10.8. The van der Waals surface area contributed by atoms with Gasteiger partial charge < -0.3 is 40.1 Å². The average Bonchev–Trinajstić information content (AvgIpc) is 3.68. The summed E-state index contributed by atoms with van der Waals surface area (Å²) in [7, 11) is 0. The second kappa shape index (κ2) is 11.0. The summed E-state index contributed by atoms with van der Waals surface area (Å²) in [6, 6.07) is 15.1. The molecule has 4 atom stereocenters. The summed E-state index contributed by atoms with van der Waals surface area (Å²) in [5.74, 6) is 0.554. The van der Waals surface area contributed by atoms with Crippen molar-refractivity contribution in [2.45, 2.75) is 37.1 Å². The number of hydrogen-bond donors (Lipinski definition) is 6. The molecular weight excluding hydrogens is 556 g/mol. The Labute approximate surface area is 237 Å². The molecule has 13 nitrogen and oxygen atoms in total. The molecule has 0 unspecified atom stereocenters. The normalized spacial score (nSPS) is 20.7. The number of imidazole rings is 1. The van der Waals surface area contributed by atoms with Crippen LogP contribution >= 0.6 is 11.6 Å². The highest BCUT2D eigenvalue weighted by molar-refractivity contribution is 6.28. The van der Waals surface area contributed by atoms with Crippen molar-refractivity contribution in [1.82, 2.24) is 24.7 Å². The molecule has 2 aromatic carbocycles. The lowest BCUT2D eigenvalue weighted by molar-refractivity contribution is -0.0434. The summed E-state index contributed by atoms with van der Waals surface area (Å²) in [5, 5.41) is 57.2. The van der Waals surface area contributed by atoms with Gasteiger partial charge in [0.15, 0.2) is 29.0 Å². The van der Waals surface area contributed by atoms with E-state index >= 15 is 0 Å². The van der Waals surface area contributed by atoms with Crippen LogP contribution in [0.2, 0.25) is 5.28 Å². The van der Waals surface area contributed by atoms with Crippen LogP contribution < -0.4 is 5.32 Å². The third kappa shape index (κ3) is 5.16. The van der Waals surface area contributed by atoms with Crippen molar-refractivity contribution in [2.75, 3.05) is 11.9 Å². The zero-order chi connectivity index (χ0) is 28.7. The second-order valence-electron chi connectivity index (χ2n) is 9.59. The number of hydrogen-bond acceptors (Lipinski definition) is 12. The monoisotopic (exact) mass is 580 g/mol. The van der Waals surface area contributed by atoms with Gasteiger partial charge in [-0.05, 0) is 47.0 Å². The van der Waals surface area contributed by atoms with Crippen LogP contribution in [0.5, 0.6) is 11.5 Å². The molecule has 14 heteroatoms. The molecule has 6 N–H and O–H groups in total. The van der Waals surface area contributed by atoms with Crippen molar-refractivity contribution in [3.63, 3.8) is 0 Å². The van der Waals surface area contributed by atoms with Gasteiger partial charge in [0.2, 0.25) is 5.28 Å². The number of fused-ring (bicyclic) bond motifs is 1. The van der Waals surface area contributed by atoms with Crippen LogP contribution in [0, 0.1) is 0 Å². The van der Waals surface area contributed by atoms with Gasteiger partial charge in [-0.25, -0.2) is 4.98 Å². The summed E-state index contributed by atoms with van der Waals surface area (Å²) < 4.78 is 12.6. The Bertz CT molecular complexity index is 1610. The standard InChI is InChI=1S/C27H25ClN6O7/c28-27-31-24(29-10-18(13-1-5-16(36)6-2-13)14-3-7-17(37)8-4-14)20-25(32-27)34(12-30-20)26-22(39)21(38)23(40-26)19-9-15(11-35)33-41-19/h1-9,12,18,21-23,26,35-39H,10-11H2,(H,29,31,32)/t21-,22+,23+,26+/m0/s1. The molecule has 0 radical (unpaired) electrons. The number of nitrogens with zero attached hydrogens (tertiary/aromatic N) is 5. The molecule has 0 amide bonds. The van der Waals surface area contributed by atoms with Crippen LogP contribution in [0.1, 0.15) is 40.8 Å². The minimum absolute atomic E-state index is 0.0834. The van der Waals surface area contributed by atoms with E-state index < -0.39 is 24.5 Å². The van der Waals surface area contributed by atoms with E-state index in [-0.39, 0.29) is 46.4 Å². The zero-order valence-electron chi connectivity index (χ0n) is 21.2. The van der Waals surface area contributed by atoms with Gasteiger partial charge in [-0.1, -0.05) is 29.4 Å². The van der Waals surface area contributed by atoms with Crippen molar-refractivity contribution in [3.05, 3.63) is 88.8 Å². The van der Waals surface area contributed by atoms with E-state index in [1.807, 2.05) is 24.3 Å². The molecular formula is C27H25ClN6O7. The van der Waals surface area contributed by atoms with E-state index in [0.717, 1.165) is 11.1 Å². The molecule has 4 heterocycles. The van der Waals surface area contributed by atoms with Crippen LogP contribution in [-0.2, 0) is 11.3 Å². The fourth-order valence-corrected chi connectivity index (χ4v) is 5.07. The first-order chi connectivity index (χ1) is 19.8. The van der Waals surface area contributed by atoms with E-state index in [1.165, 1.54) is 17.0 Å². The largest absolute Gasteiger partial charge is 0.508 e. The topological polar surface area (TPSA) is 192 Å². The first-order valence-corrected chi connectivity index (χ1v) is 13.0. The number of aliphatic hydroxyl groups excluding tert-OH is 3. The zero-order valence-corrected chi connectivity index (χ0v) is 22.0. The van der Waals surface area contributed by atoms with Crippen LogP contribution in [0.15, 0.2) is 65.4 Å². The molecule has 0 bridgehead atoms. The number of rotatable bonds is 8. The Hall–Kier alpha value is -4.27. The molecule has 1 aliphatic rings. The summed E-state index contributed by atoms with van der Waals surface area (Å²) >= 11 is 6.29. The summed E-state index contributed by atoms with van der Waals surface area (Å²) in [6.45, 7) is -0.0110. The van der Waals surface area contributed by atoms with Gasteiger partial charge in [-0.3, -0.25) is 4.57 Å².